The molecule has 0 unspecified atom stereocenters. The highest BCUT2D eigenvalue weighted by Gasteiger charge is 2.11. The van der Waals surface area contributed by atoms with Crippen LogP contribution < -0.4 is 5.32 Å². The molecule has 0 fully saturated rings. The third kappa shape index (κ3) is 2.18. The van der Waals surface area contributed by atoms with Crippen LogP contribution in [-0.4, -0.2) is 37.5 Å². The van der Waals surface area contributed by atoms with E-state index >= 15 is 0 Å². The molecule has 0 saturated heterocycles. The number of nitrogens with one attached hydrogen (secondary N) is 1. The lowest BCUT2D eigenvalue weighted by atomic mass is 10.2. The van der Waals surface area contributed by atoms with Gasteiger partial charge in [-0.1, -0.05) is 18.2 Å². The lowest BCUT2D eigenvalue weighted by molar-refractivity contribution is 0.520. The Morgan fingerprint density at radius 2 is 2.28 bits per heavy atom. The van der Waals surface area contributed by atoms with Crippen molar-refractivity contribution in [1.82, 2.24) is 10.2 Å². The van der Waals surface area contributed by atoms with Crippen molar-refractivity contribution in [1.29, 1.82) is 0 Å². The van der Waals surface area contributed by atoms with Crippen LogP contribution in [0.5, 0.6) is 0 Å². The fourth-order valence-corrected chi connectivity index (χ4v) is 2.18. The second kappa shape index (κ2) is 4.72. The van der Waals surface area contributed by atoms with E-state index in [-0.39, 0.29) is 0 Å². The van der Waals surface area contributed by atoms with Crippen molar-refractivity contribution in [3.8, 4) is 0 Å². The molecule has 2 aromatic rings. The lowest BCUT2D eigenvalue weighted by Crippen LogP contribution is -2.36. The van der Waals surface area contributed by atoms with Crippen molar-refractivity contribution in [2.45, 2.75) is 6.42 Å². The Bertz CT molecular complexity index is 540. The zero-order valence-corrected chi connectivity index (χ0v) is 10.5. The molecule has 0 radical (unpaired) electrons. The zero-order chi connectivity index (χ0) is 12.4. The number of furan rings is 1. The van der Waals surface area contributed by atoms with Crippen molar-refractivity contribution in [2.75, 3.05) is 26.7 Å². The zero-order valence-electron chi connectivity index (χ0n) is 10.5. The summed E-state index contributed by atoms with van der Waals surface area (Å²) in [7, 11) is 2.06. The molecule has 94 valence electrons. The Balaban J connectivity index is 1.60. The van der Waals surface area contributed by atoms with E-state index in [9.17, 15) is 0 Å². The molecule has 0 bridgehead atoms. The largest absolute Gasteiger partial charge is 0.461 e. The summed E-state index contributed by atoms with van der Waals surface area (Å²) < 4.78 is 5.77. The number of nitrogens with zero attached hydrogens (tertiary/aromatic N) is 2. The summed E-state index contributed by atoms with van der Waals surface area (Å²) in [6.45, 7) is 2.75. The summed E-state index contributed by atoms with van der Waals surface area (Å²) in [5.74, 6) is 2.01. The highest BCUT2D eigenvalue weighted by atomic mass is 16.3. The van der Waals surface area contributed by atoms with Gasteiger partial charge >= 0.3 is 0 Å². The molecule has 0 spiro atoms. The van der Waals surface area contributed by atoms with Crippen molar-refractivity contribution in [3.05, 3.63) is 36.1 Å². The fraction of sp³-hybridized carbons (Fsp3) is 0.357. The third-order valence-electron chi connectivity index (χ3n) is 3.19. The number of hydrogen-bond donors (Lipinski definition) is 1. The monoisotopic (exact) mass is 243 g/mol. The van der Waals surface area contributed by atoms with Gasteiger partial charge in [-0.25, -0.2) is 0 Å². The average molecular weight is 243 g/mol. The van der Waals surface area contributed by atoms with Gasteiger partial charge < -0.3 is 14.6 Å². The number of aliphatic imine (C=N–C) groups is 1. The smallest absolute Gasteiger partial charge is 0.193 e. The van der Waals surface area contributed by atoms with E-state index in [1.165, 1.54) is 5.39 Å². The topological polar surface area (TPSA) is 40.8 Å². The molecule has 0 atom stereocenters. The van der Waals surface area contributed by atoms with Crippen LogP contribution in [-0.2, 0) is 6.42 Å². The van der Waals surface area contributed by atoms with Crippen LogP contribution in [0, 0.1) is 0 Å². The van der Waals surface area contributed by atoms with Gasteiger partial charge in [-0.15, -0.1) is 0 Å². The van der Waals surface area contributed by atoms with Crippen LogP contribution in [0.4, 0.5) is 0 Å². The third-order valence-corrected chi connectivity index (χ3v) is 3.19. The van der Waals surface area contributed by atoms with E-state index in [0.29, 0.717) is 0 Å². The molecule has 18 heavy (non-hydrogen) atoms. The SMILES string of the molecule is CN1CCN=C1NCCc1cc2ccccc2o1. The molecule has 1 aromatic heterocycles. The number of benzene rings is 1. The maximum atomic E-state index is 5.77. The molecule has 0 aliphatic carbocycles. The quantitative estimate of drug-likeness (QED) is 0.894. The second-order valence-electron chi connectivity index (χ2n) is 4.55. The Kier molecular flexibility index (Phi) is 2.92. The molecule has 0 amide bonds. The molecule has 3 rings (SSSR count). The van der Waals surface area contributed by atoms with Gasteiger partial charge in [0.05, 0.1) is 6.54 Å². The maximum absolute atomic E-state index is 5.77. The molecule has 4 heteroatoms. The van der Waals surface area contributed by atoms with E-state index in [1.54, 1.807) is 0 Å². The molecule has 1 N–H and O–H groups in total. The highest BCUT2D eigenvalue weighted by Crippen LogP contribution is 2.18. The van der Waals surface area contributed by atoms with Gasteiger partial charge in [0, 0.05) is 31.9 Å². The van der Waals surface area contributed by atoms with E-state index in [1.807, 2.05) is 18.2 Å². The van der Waals surface area contributed by atoms with Crippen molar-refractivity contribution >= 4 is 16.9 Å². The van der Waals surface area contributed by atoms with Gasteiger partial charge in [-0.05, 0) is 12.1 Å². The Hall–Kier alpha value is -1.97. The van der Waals surface area contributed by atoms with Crippen LogP contribution in [0.3, 0.4) is 0 Å². The van der Waals surface area contributed by atoms with Crippen LogP contribution in [0.25, 0.3) is 11.0 Å². The van der Waals surface area contributed by atoms with E-state index < -0.39 is 0 Å². The first-order valence-corrected chi connectivity index (χ1v) is 6.30. The van der Waals surface area contributed by atoms with Crippen LogP contribution in [0.2, 0.25) is 0 Å². The normalized spacial score (nSPS) is 15.2. The number of guanidine groups is 1. The predicted molar refractivity (Wildman–Crippen MR) is 72.9 cm³/mol. The molecular formula is C14H17N3O. The minimum absolute atomic E-state index is 0.850. The lowest BCUT2D eigenvalue weighted by Gasteiger charge is -2.14. The summed E-state index contributed by atoms with van der Waals surface area (Å²) in [4.78, 5) is 6.53. The van der Waals surface area contributed by atoms with Gasteiger partial charge in [0.1, 0.15) is 11.3 Å². The minimum Gasteiger partial charge on any atom is -0.461 e. The van der Waals surface area contributed by atoms with Gasteiger partial charge in [0.2, 0.25) is 0 Å². The second-order valence-corrected chi connectivity index (χ2v) is 4.55. The Morgan fingerprint density at radius 1 is 1.39 bits per heavy atom. The highest BCUT2D eigenvalue weighted by molar-refractivity contribution is 5.81. The molecule has 1 aromatic carbocycles. The Labute approximate surface area is 106 Å². The first-order valence-electron chi connectivity index (χ1n) is 6.30. The predicted octanol–water partition coefficient (Wildman–Crippen LogP) is 1.87. The standard InChI is InChI=1S/C14H17N3O/c1-17-9-8-16-14(17)15-7-6-12-10-11-4-2-3-5-13(11)18-12/h2-5,10H,6-9H2,1H3,(H,15,16). The van der Waals surface area contributed by atoms with Gasteiger partial charge in [0.15, 0.2) is 5.96 Å². The average Bonchev–Trinajstić information content (AvgIpc) is 2.96. The van der Waals surface area contributed by atoms with Crippen molar-refractivity contribution in [3.63, 3.8) is 0 Å². The first-order chi connectivity index (χ1) is 8.83. The van der Waals surface area contributed by atoms with Crippen LogP contribution >= 0.6 is 0 Å². The first kappa shape index (κ1) is 11.1. The maximum Gasteiger partial charge on any atom is 0.193 e. The Morgan fingerprint density at radius 3 is 3.06 bits per heavy atom. The summed E-state index contributed by atoms with van der Waals surface area (Å²) in [6, 6.07) is 10.2. The minimum atomic E-state index is 0.850. The van der Waals surface area contributed by atoms with Gasteiger partial charge in [-0.2, -0.15) is 0 Å². The fourth-order valence-electron chi connectivity index (χ4n) is 2.18. The number of fused-ring (bicyclic) bond motifs is 1. The van der Waals surface area contributed by atoms with Crippen LogP contribution in [0.1, 0.15) is 5.76 Å². The number of hydrogen-bond acceptors (Lipinski definition) is 4. The van der Waals surface area contributed by atoms with Crippen molar-refractivity contribution in [2.24, 2.45) is 4.99 Å². The number of rotatable bonds is 3. The molecule has 4 nitrogen and oxygen atoms in total. The summed E-state index contributed by atoms with van der Waals surface area (Å²) in [5.41, 5.74) is 0.961. The molecule has 1 aliphatic rings. The van der Waals surface area contributed by atoms with E-state index in [0.717, 1.165) is 43.4 Å². The molecule has 0 saturated carbocycles. The molecular weight excluding hydrogens is 226 g/mol. The van der Waals surface area contributed by atoms with Gasteiger partial charge in [-0.3, -0.25) is 4.99 Å². The molecule has 1 aliphatic heterocycles. The number of likely N-dealkylation sites (N-methyl/N-ethyl adjacent to an activating group) is 1. The summed E-state index contributed by atoms with van der Waals surface area (Å²) in [6.07, 6.45) is 0.877. The summed E-state index contributed by atoms with van der Waals surface area (Å²) >= 11 is 0. The summed E-state index contributed by atoms with van der Waals surface area (Å²) in [5, 5.41) is 4.51. The number of para-hydroxylation sites is 1. The van der Waals surface area contributed by atoms with E-state index in [2.05, 4.69) is 34.4 Å². The van der Waals surface area contributed by atoms with Crippen molar-refractivity contribution < 1.29 is 4.42 Å². The van der Waals surface area contributed by atoms with E-state index in [4.69, 9.17) is 4.42 Å². The molecule has 2 heterocycles. The van der Waals surface area contributed by atoms with Crippen LogP contribution in [0.15, 0.2) is 39.7 Å². The van der Waals surface area contributed by atoms with Gasteiger partial charge in [0.25, 0.3) is 0 Å².